The molecule has 15 atom stereocenters. The number of aliphatic hydroxyl groups excluding tert-OH is 9. The van der Waals surface area contributed by atoms with Gasteiger partial charge in [-0.15, -0.1) is 0 Å². The molecule has 6 aliphatic rings. The molecule has 1 saturated carbocycles. The summed E-state index contributed by atoms with van der Waals surface area (Å²) >= 11 is 0. The number of carboxylic acids is 3. The van der Waals surface area contributed by atoms with Crippen LogP contribution in [-0.4, -0.2) is 336 Å². The van der Waals surface area contributed by atoms with Crippen molar-refractivity contribution >= 4 is 89.0 Å². The number of amides is 9. The Morgan fingerprint density at radius 1 is 0.353 bits per heavy atom. The molecule has 1 aliphatic carbocycles. The van der Waals surface area contributed by atoms with E-state index in [-0.39, 0.29) is 169 Å². The predicted molar refractivity (Wildman–Crippen MR) is 476 cm³/mol. The van der Waals surface area contributed by atoms with E-state index in [4.69, 9.17) is 61.6 Å². The van der Waals surface area contributed by atoms with Gasteiger partial charge in [0.25, 0.3) is 35.4 Å². The number of esters is 3. The van der Waals surface area contributed by atoms with Crippen molar-refractivity contribution in [2.75, 3.05) is 85.5 Å². The standard InChI is InChI=1S/C32H44N2O14.C32H44N2O12.C29H38N2O14/c1-32(2,3)31(43)46-18-19-8-9-20(47-30-27(40)25(38)26(39)28(48-30)29(41)42)17-21(19)45-16-15-44-14-12-33-22(35)7-5-4-6-13-34-23(36)10-11-24(34)37;1-32(2,3)31(43)45-18-19-9-10-20(46-23-17-21(30(41)42)27(38)29(40)28(23)39)16-22(19)44-15-7-13-33-24(35)8-5-4-6-14-34-25(36)11-12-26(34)37;1-29(2,3)28(40)43-15-16-4-5-17(44-27-24(37)22(35)23(36)25(45-27)26(38)39)14-18(16)42-13-12-41-11-9-30-19(32)8-10-31-20(33)6-7-21(31)34/h8-11,17,25-28,30,38-40H,4-7,12-16,18H2,1-3H3,(H,33,35)(H,41,42);9-12,16,21,23,27-29,38-40H,4-8,13-15,17-18H2,1-3H3,(H,33,35)(H,41,42);4-7,14,22-25,27,35-37H,8-13,15H2,1-3H3,(H,30,32)(H,38,39)/t25-,26-,27+,28-,30+;21-,23+,27+,28-,29-;22-,23-,24+,25-,27+/m000/s1. The zero-order valence-electron chi connectivity index (χ0n) is 78.6. The number of nitrogens with zero attached hydrogens (tertiary/aromatic N) is 3. The molecule has 0 radical (unpaired) electrons. The molecule has 46 nitrogen and oxygen atoms in total. The second-order valence-electron chi connectivity index (χ2n) is 35.8. The Labute approximate surface area is 799 Å². The quantitative estimate of drug-likeness (QED) is 0.0153. The van der Waals surface area contributed by atoms with Crippen LogP contribution in [-0.2, 0) is 125 Å². The summed E-state index contributed by atoms with van der Waals surface area (Å²) in [6, 6.07) is 13.4. The zero-order chi connectivity index (χ0) is 103. The minimum atomic E-state index is -1.88. The van der Waals surface area contributed by atoms with E-state index in [0.717, 1.165) is 17.1 Å². The topological polar surface area (TPSA) is 665 Å². The van der Waals surface area contributed by atoms with Crippen molar-refractivity contribution in [3.05, 3.63) is 108 Å². The van der Waals surface area contributed by atoms with Gasteiger partial charge in [0.1, 0.15) is 122 Å². The average Bonchev–Trinajstić information content (AvgIpc) is 1.64. The Morgan fingerprint density at radius 3 is 1.04 bits per heavy atom. The summed E-state index contributed by atoms with van der Waals surface area (Å²) in [4.78, 5) is 180. The van der Waals surface area contributed by atoms with Crippen LogP contribution < -0.4 is 44.4 Å². The van der Waals surface area contributed by atoms with Gasteiger partial charge in [-0.2, -0.15) is 0 Å². The van der Waals surface area contributed by atoms with Crippen molar-refractivity contribution in [3.8, 4) is 34.5 Å². The smallest absolute Gasteiger partial charge is 0.335 e. The Bertz CT molecular complexity index is 4770. The van der Waals surface area contributed by atoms with Gasteiger partial charge in [-0.3, -0.25) is 77.0 Å². The van der Waals surface area contributed by atoms with Gasteiger partial charge in [-0.1, -0.05) is 12.8 Å². The molecule has 9 amide bonds. The second-order valence-corrected chi connectivity index (χ2v) is 35.8. The van der Waals surface area contributed by atoms with Gasteiger partial charge in [0.15, 0.2) is 12.2 Å². The number of aliphatic hydroxyl groups is 9. The van der Waals surface area contributed by atoms with Gasteiger partial charge in [0.2, 0.25) is 30.3 Å². The van der Waals surface area contributed by atoms with Crippen LogP contribution in [0, 0.1) is 22.2 Å². The molecule has 768 valence electrons. The molecule has 0 bridgehead atoms. The third-order valence-electron chi connectivity index (χ3n) is 21.6. The molecule has 139 heavy (non-hydrogen) atoms. The minimum absolute atomic E-state index is 0.0123. The van der Waals surface area contributed by atoms with Crippen LogP contribution in [0.5, 0.6) is 34.5 Å². The fourth-order valence-electron chi connectivity index (χ4n) is 13.5. The first-order valence-electron chi connectivity index (χ1n) is 45.0. The summed E-state index contributed by atoms with van der Waals surface area (Å²) in [5.74, 6) is -8.94. The van der Waals surface area contributed by atoms with Gasteiger partial charge >= 0.3 is 35.8 Å². The van der Waals surface area contributed by atoms with Crippen LogP contribution in [0.4, 0.5) is 0 Å². The molecular weight excluding hydrogens is 1840 g/mol. The molecule has 3 aromatic rings. The van der Waals surface area contributed by atoms with Crippen LogP contribution in [0.3, 0.4) is 0 Å². The highest BCUT2D eigenvalue weighted by atomic mass is 16.7. The van der Waals surface area contributed by atoms with E-state index < -0.39 is 156 Å². The number of aliphatic carboxylic acids is 3. The first kappa shape index (κ1) is 114. The largest absolute Gasteiger partial charge is 0.493 e. The van der Waals surface area contributed by atoms with E-state index in [9.17, 15) is 133 Å². The van der Waals surface area contributed by atoms with Gasteiger partial charge in [-0.25, -0.2) is 9.59 Å². The molecule has 0 unspecified atom stereocenters. The molecule has 15 N–H and O–H groups in total. The Hall–Kier alpha value is -12.2. The number of hydrogen-bond donors (Lipinski definition) is 15. The maximum Gasteiger partial charge on any atom is 0.335 e. The van der Waals surface area contributed by atoms with E-state index in [1.165, 1.54) is 82.6 Å². The molecule has 5 heterocycles. The average molecular weight is 1970 g/mol. The van der Waals surface area contributed by atoms with Crippen LogP contribution in [0.15, 0.2) is 91.1 Å². The molecule has 5 aliphatic heterocycles. The Balaban J connectivity index is 0.000000284. The van der Waals surface area contributed by atoms with Crippen LogP contribution in [0.2, 0.25) is 0 Å². The van der Waals surface area contributed by atoms with E-state index in [1.54, 1.807) is 68.4 Å². The van der Waals surface area contributed by atoms with E-state index in [2.05, 4.69) is 16.0 Å². The van der Waals surface area contributed by atoms with Crippen LogP contribution in [0.25, 0.3) is 0 Å². The molecule has 3 fully saturated rings. The molecule has 3 aromatic carbocycles. The fourth-order valence-corrected chi connectivity index (χ4v) is 13.5. The summed E-state index contributed by atoms with van der Waals surface area (Å²) in [5.41, 5.74) is -0.802. The number of benzene rings is 3. The van der Waals surface area contributed by atoms with E-state index >= 15 is 0 Å². The van der Waals surface area contributed by atoms with Crippen molar-refractivity contribution in [2.24, 2.45) is 22.2 Å². The van der Waals surface area contributed by atoms with E-state index in [0.29, 0.717) is 99.9 Å². The molecule has 0 spiro atoms. The number of ether oxygens (including phenoxy) is 13. The van der Waals surface area contributed by atoms with Gasteiger partial charge < -0.3 is 139 Å². The first-order valence-corrected chi connectivity index (χ1v) is 45.0. The molecule has 2 saturated heterocycles. The molecule has 46 heteroatoms. The summed E-state index contributed by atoms with van der Waals surface area (Å²) in [6.45, 7) is 17.1. The predicted octanol–water partition coefficient (Wildman–Crippen LogP) is -0.00150. The fraction of sp³-hybridized carbons (Fsp3) is 0.581. The lowest BCUT2D eigenvalue weighted by atomic mass is 9.81. The lowest BCUT2D eigenvalue weighted by Crippen LogP contribution is -2.61. The second kappa shape index (κ2) is 54.4. The van der Waals surface area contributed by atoms with Crippen molar-refractivity contribution in [1.29, 1.82) is 0 Å². The third kappa shape index (κ3) is 35.9. The monoisotopic (exact) mass is 1970 g/mol. The SMILES string of the molecule is CC(C)(C)C(=O)OCc1ccc(O[C@@H]2C[C@H](C(=O)O)[C@@H](O)[C@H](O)[C@H]2O)cc1OCCCNC(=O)CCCCCN1C(=O)C=CC1=O.CC(C)(C)C(=O)OCc1ccc(O[C@@H]2O[C@H](C(=O)O)[C@@H](O)[C@H](O)[C@H]2O)cc1OCCOCCNC(=O)CCCCCN1C(=O)C=CC1=O.CC(C)(C)C(=O)OCc1ccc(O[C@@H]2O[C@H](C(=O)O)[C@@H](O)[C@H](O)[C@H]2O)cc1OCCOCCNC(=O)CCN1C(=O)C=CC1=O. The molecule has 9 rings (SSSR count). The maximum absolute atomic E-state index is 12.3. The van der Waals surface area contributed by atoms with Crippen LogP contribution >= 0.6 is 0 Å². The van der Waals surface area contributed by atoms with Gasteiger partial charge in [0.05, 0.1) is 61.3 Å². The van der Waals surface area contributed by atoms with Gasteiger partial charge in [0, 0.05) is 136 Å². The zero-order valence-corrected chi connectivity index (χ0v) is 78.6. The van der Waals surface area contributed by atoms with Crippen molar-refractivity contribution in [2.45, 2.75) is 239 Å². The first-order chi connectivity index (χ1) is 65.6. The highest BCUT2D eigenvalue weighted by Gasteiger charge is 2.51. The summed E-state index contributed by atoms with van der Waals surface area (Å²) in [6.07, 6.45) is -12.2. The lowest BCUT2D eigenvalue weighted by Gasteiger charge is -2.38. The van der Waals surface area contributed by atoms with Crippen molar-refractivity contribution < 1.29 is 195 Å². The third-order valence-corrected chi connectivity index (χ3v) is 21.6. The number of carboxylic acid groups (broad SMARTS) is 3. The minimum Gasteiger partial charge on any atom is -0.493 e. The normalized spacial score (nSPS) is 22.8. The molecular formula is C93H126N6O40. The highest BCUT2D eigenvalue weighted by molar-refractivity contribution is 6.14. The number of rotatable bonds is 49. The summed E-state index contributed by atoms with van der Waals surface area (Å²) in [7, 11) is 0. The van der Waals surface area contributed by atoms with E-state index in [1.807, 2.05) is 0 Å². The lowest BCUT2D eigenvalue weighted by molar-refractivity contribution is -0.271. The highest BCUT2D eigenvalue weighted by Crippen LogP contribution is 2.36. The number of hydrogen-bond acceptors (Lipinski definition) is 37. The summed E-state index contributed by atoms with van der Waals surface area (Å²) < 4.78 is 72.2. The molecule has 0 aromatic heterocycles. The van der Waals surface area contributed by atoms with Crippen molar-refractivity contribution in [3.63, 3.8) is 0 Å². The number of unbranched alkanes of at least 4 members (excludes halogenated alkanes) is 4. The Kier molecular flexibility index (Phi) is 44.5. The summed E-state index contributed by atoms with van der Waals surface area (Å²) in [5, 5.41) is 127. The maximum atomic E-state index is 12.3. The van der Waals surface area contributed by atoms with Crippen LogP contribution in [0.1, 0.15) is 150 Å². The van der Waals surface area contributed by atoms with Gasteiger partial charge in [-0.05, 0) is 131 Å². The number of carbonyl (C=O) groups excluding carboxylic acids is 12. The number of imide groups is 3. The number of nitrogens with one attached hydrogen (secondary N) is 3. The Morgan fingerprint density at radius 2 is 0.683 bits per heavy atom. The van der Waals surface area contributed by atoms with Crippen molar-refractivity contribution in [1.82, 2.24) is 30.7 Å². The number of carbonyl (C=O) groups is 15.